The van der Waals surface area contributed by atoms with Gasteiger partial charge in [0.1, 0.15) is 18.3 Å². The van der Waals surface area contributed by atoms with Crippen molar-refractivity contribution in [3.05, 3.63) is 23.8 Å². The second kappa shape index (κ2) is 8.10. The van der Waals surface area contributed by atoms with Crippen molar-refractivity contribution in [2.45, 2.75) is 45.5 Å². The number of amides is 1. The van der Waals surface area contributed by atoms with E-state index >= 15 is 0 Å². The van der Waals surface area contributed by atoms with Crippen LogP contribution in [0.3, 0.4) is 0 Å². The molecule has 3 atom stereocenters. The third-order valence-corrected chi connectivity index (χ3v) is 5.12. The quantitative estimate of drug-likeness (QED) is 0.767. The van der Waals surface area contributed by atoms with Gasteiger partial charge in [0.2, 0.25) is 0 Å². The summed E-state index contributed by atoms with van der Waals surface area (Å²) in [6.07, 6.45) is -1.54. The molecule has 1 amide bonds. The Kier molecular flexibility index (Phi) is 5.93. The summed E-state index contributed by atoms with van der Waals surface area (Å²) in [6.45, 7) is 8.59. The molecule has 0 bridgehead atoms. The van der Waals surface area contributed by atoms with Gasteiger partial charge in [0.25, 0.3) is 0 Å². The van der Waals surface area contributed by atoms with Crippen LogP contribution < -0.4 is 9.47 Å². The predicted octanol–water partition coefficient (Wildman–Crippen LogP) is 2.54. The third-order valence-electron chi connectivity index (χ3n) is 5.12. The van der Waals surface area contributed by atoms with Gasteiger partial charge in [0.05, 0.1) is 19.1 Å². The number of hydrogen-bond acceptors (Lipinski definition) is 7. The van der Waals surface area contributed by atoms with E-state index in [0.29, 0.717) is 36.8 Å². The summed E-state index contributed by atoms with van der Waals surface area (Å²) >= 11 is 0. The zero-order chi connectivity index (χ0) is 21.3. The Morgan fingerprint density at radius 1 is 1.24 bits per heavy atom. The maximum absolute atomic E-state index is 12.1. The minimum absolute atomic E-state index is 0.137. The summed E-state index contributed by atoms with van der Waals surface area (Å²) in [6, 6.07) is 5.12. The van der Waals surface area contributed by atoms with Crippen molar-refractivity contribution in [3.63, 3.8) is 0 Å². The molecule has 0 spiro atoms. The van der Waals surface area contributed by atoms with Crippen LogP contribution in [-0.2, 0) is 14.3 Å². The molecular weight excluding hydrogens is 378 g/mol. The van der Waals surface area contributed by atoms with Crippen molar-refractivity contribution in [3.8, 4) is 11.5 Å². The maximum Gasteiger partial charge on any atom is 0.410 e. The number of esters is 1. The fourth-order valence-corrected chi connectivity index (χ4v) is 3.35. The topological polar surface area (TPSA) is 94.5 Å². The van der Waals surface area contributed by atoms with Gasteiger partial charge in [-0.15, -0.1) is 0 Å². The first-order valence-corrected chi connectivity index (χ1v) is 9.76. The summed E-state index contributed by atoms with van der Waals surface area (Å²) < 4.78 is 22.0. The van der Waals surface area contributed by atoms with Crippen molar-refractivity contribution in [1.29, 1.82) is 0 Å². The van der Waals surface area contributed by atoms with Gasteiger partial charge in [-0.2, -0.15) is 0 Å². The van der Waals surface area contributed by atoms with Crippen molar-refractivity contribution < 1.29 is 33.6 Å². The van der Waals surface area contributed by atoms with Gasteiger partial charge in [-0.05, 0) is 45.4 Å². The van der Waals surface area contributed by atoms with Gasteiger partial charge in [-0.25, -0.2) is 4.79 Å². The van der Waals surface area contributed by atoms with Gasteiger partial charge < -0.3 is 29.0 Å². The zero-order valence-electron chi connectivity index (χ0n) is 17.5. The van der Waals surface area contributed by atoms with Gasteiger partial charge in [-0.3, -0.25) is 4.79 Å². The Morgan fingerprint density at radius 2 is 1.93 bits per heavy atom. The van der Waals surface area contributed by atoms with Gasteiger partial charge >= 0.3 is 12.1 Å². The number of carbonyl (C=O) groups excluding carboxylic acids is 2. The highest BCUT2D eigenvalue weighted by molar-refractivity contribution is 5.73. The van der Waals surface area contributed by atoms with E-state index in [1.165, 1.54) is 7.11 Å². The first kappa shape index (κ1) is 21.2. The van der Waals surface area contributed by atoms with Crippen molar-refractivity contribution >= 4 is 12.1 Å². The van der Waals surface area contributed by atoms with Crippen molar-refractivity contribution in [1.82, 2.24) is 4.90 Å². The first-order valence-electron chi connectivity index (χ1n) is 9.76. The van der Waals surface area contributed by atoms with E-state index in [9.17, 15) is 14.7 Å². The molecular formula is C21H29NO7. The van der Waals surface area contributed by atoms with Crippen molar-refractivity contribution in [2.75, 3.05) is 26.8 Å². The normalized spacial score (nSPS) is 21.0. The van der Waals surface area contributed by atoms with E-state index in [0.717, 1.165) is 0 Å². The molecule has 2 aliphatic rings. The van der Waals surface area contributed by atoms with E-state index < -0.39 is 23.6 Å². The smallest absolute Gasteiger partial charge is 0.410 e. The number of nitrogens with zero attached hydrogens (tertiary/aromatic N) is 1. The molecule has 2 aliphatic heterocycles. The second-order valence-electron chi connectivity index (χ2n) is 8.58. The minimum atomic E-state index is -1.01. The lowest BCUT2D eigenvalue weighted by atomic mass is 9.93. The summed E-state index contributed by atoms with van der Waals surface area (Å²) in [7, 11) is 1.29. The standard InChI is InChI=1S/C21H29NO7/c1-12(19(24)26-5)18(23)13-6-7-15-16(8-13)28-17(11-27-15)14-9-22(10-14)20(25)29-21(2,3)4/h6-8,12,14,17-18,23H,9-11H2,1-5H3/t12-,17-,18+/m0/s1. The molecule has 1 saturated heterocycles. The fourth-order valence-electron chi connectivity index (χ4n) is 3.35. The maximum atomic E-state index is 12.1. The van der Waals surface area contributed by atoms with Crippen LogP contribution in [0.15, 0.2) is 18.2 Å². The summed E-state index contributed by atoms with van der Waals surface area (Å²) in [5.74, 6) is 0.0596. The van der Waals surface area contributed by atoms with Crippen LogP contribution in [0.2, 0.25) is 0 Å². The number of ether oxygens (including phenoxy) is 4. The molecule has 1 aromatic carbocycles. The van der Waals surface area contributed by atoms with Gasteiger partial charge in [-0.1, -0.05) is 6.07 Å². The van der Waals surface area contributed by atoms with Gasteiger partial charge in [0, 0.05) is 19.0 Å². The zero-order valence-corrected chi connectivity index (χ0v) is 17.5. The number of methoxy groups -OCH3 is 1. The number of likely N-dealkylation sites (tertiary alicyclic amines) is 1. The molecule has 1 fully saturated rings. The Labute approximate surface area is 170 Å². The molecule has 0 radical (unpaired) electrons. The molecule has 8 nitrogen and oxygen atoms in total. The summed E-state index contributed by atoms with van der Waals surface area (Å²) in [5.41, 5.74) is 0.0271. The summed E-state index contributed by atoms with van der Waals surface area (Å²) in [4.78, 5) is 25.4. The number of hydrogen-bond donors (Lipinski definition) is 1. The van der Waals surface area contributed by atoms with Crippen LogP contribution in [-0.4, -0.2) is 60.6 Å². The average Bonchev–Trinajstić information content (AvgIpc) is 2.62. The number of aliphatic hydroxyl groups is 1. The van der Waals surface area contributed by atoms with Crippen LogP contribution in [0.1, 0.15) is 39.4 Å². The van der Waals surface area contributed by atoms with Crippen LogP contribution in [0.4, 0.5) is 4.79 Å². The van der Waals surface area contributed by atoms with E-state index in [1.807, 2.05) is 20.8 Å². The second-order valence-corrected chi connectivity index (χ2v) is 8.58. The van der Waals surface area contributed by atoms with Crippen LogP contribution >= 0.6 is 0 Å². The number of rotatable bonds is 4. The highest BCUT2D eigenvalue weighted by atomic mass is 16.6. The van der Waals surface area contributed by atoms with E-state index in [2.05, 4.69) is 0 Å². The fraction of sp³-hybridized carbons (Fsp3) is 0.619. The molecule has 8 heteroatoms. The lowest BCUT2D eigenvalue weighted by Gasteiger charge is -2.44. The minimum Gasteiger partial charge on any atom is -0.486 e. The van der Waals surface area contributed by atoms with Crippen LogP contribution in [0.25, 0.3) is 0 Å². The van der Waals surface area contributed by atoms with E-state index in [1.54, 1.807) is 30.0 Å². The molecule has 160 valence electrons. The Bertz CT molecular complexity index is 767. The van der Waals surface area contributed by atoms with Crippen molar-refractivity contribution in [2.24, 2.45) is 11.8 Å². The predicted molar refractivity (Wildman–Crippen MR) is 104 cm³/mol. The molecule has 0 unspecified atom stereocenters. The Hall–Kier alpha value is -2.48. The number of benzene rings is 1. The molecule has 1 N–H and O–H groups in total. The average molecular weight is 407 g/mol. The number of aliphatic hydroxyl groups excluding tert-OH is 1. The Morgan fingerprint density at radius 3 is 2.55 bits per heavy atom. The number of fused-ring (bicyclic) bond motifs is 1. The van der Waals surface area contributed by atoms with Crippen LogP contribution in [0.5, 0.6) is 11.5 Å². The Balaban J connectivity index is 1.61. The lowest BCUT2D eigenvalue weighted by Crippen LogP contribution is -2.58. The lowest BCUT2D eigenvalue weighted by molar-refractivity contribution is -0.148. The SMILES string of the molecule is COC(=O)[C@@H](C)[C@@H](O)c1ccc2c(c1)O[C@H](C1CN(C(=O)OC(C)(C)C)C1)CO2. The third kappa shape index (κ3) is 4.75. The molecule has 2 heterocycles. The number of carbonyl (C=O) groups is 2. The van der Waals surface area contributed by atoms with E-state index in [-0.39, 0.29) is 18.1 Å². The molecule has 29 heavy (non-hydrogen) atoms. The van der Waals surface area contributed by atoms with Crippen LogP contribution in [0, 0.1) is 11.8 Å². The molecule has 0 saturated carbocycles. The summed E-state index contributed by atoms with van der Waals surface area (Å²) in [5, 5.41) is 10.5. The van der Waals surface area contributed by atoms with E-state index in [4.69, 9.17) is 18.9 Å². The molecule has 0 aliphatic carbocycles. The largest absolute Gasteiger partial charge is 0.486 e. The molecule has 0 aromatic heterocycles. The van der Waals surface area contributed by atoms with Gasteiger partial charge in [0.15, 0.2) is 11.5 Å². The monoisotopic (exact) mass is 407 g/mol. The first-order chi connectivity index (χ1) is 13.6. The highest BCUT2D eigenvalue weighted by Crippen LogP contribution is 2.38. The highest BCUT2D eigenvalue weighted by Gasteiger charge is 2.41. The molecule has 3 rings (SSSR count). The molecule has 1 aromatic rings.